The molecule has 0 atom stereocenters. The Labute approximate surface area is 152 Å². The monoisotopic (exact) mass is 355 g/mol. The van der Waals surface area contributed by atoms with E-state index in [-0.39, 0.29) is 0 Å². The molecule has 0 spiro atoms. The van der Waals surface area contributed by atoms with Gasteiger partial charge < -0.3 is 14.8 Å². The minimum absolute atomic E-state index is 0.422. The number of hydrogen-bond acceptors (Lipinski definition) is 5. The van der Waals surface area contributed by atoms with Crippen molar-refractivity contribution in [3.05, 3.63) is 54.1 Å². The van der Waals surface area contributed by atoms with Crippen molar-refractivity contribution in [1.82, 2.24) is 5.43 Å². The number of nitrogens with one attached hydrogen (secondary N) is 2. The van der Waals surface area contributed by atoms with E-state index in [2.05, 4.69) is 15.8 Å². The van der Waals surface area contributed by atoms with Gasteiger partial charge in [-0.15, -0.1) is 0 Å². The molecule has 0 heterocycles. The largest absolute Gasteiger partial charge is 0.497 e. The summed E-state index contributed by atoms with van der Waals surface area (Å²) in [7, 11) is 1.58. The Bertz CT molecular complexity index is 801. The van der Waals surface area contributed by atoms with Crippen molar-refractivity contribution in [2.75, 3.05) is 19.0 Å². The van der Waals surface area contributed by atoms with E-state index in [1.165, 1.54) is 0 Å². The molecule has 0 aliphatic heterocycles. The zero-order valence-corrected chi connectivity index (χ0v) is 14.9. The third-order valence-corrected chi connectivity index (χ3v) is 3.47. The maximum atomic E-state index is 12.0. The molecule has 2 amide bonds. The summed E-state index contributed by atoms with van der Waals surface area (Å²) >= 11 is 0. The number of carbonyl (C=O) groups is 2. The minimum Gasteiger partial charge on any atom is -0.497 e. The van der Waals surface area contributed by atoms with Gasteiger partial charge in [0.2, 0.25) is 0 Å². The summed E-state index contributed by atoms with van der Waals surface area (Å²) in [5.41, 5.74) is 4.03. The fraction of sp³-hybridized carbons (Fsp3) is 0.211. The number of hydrazone groups is 1. The summed E-state index contributed by atoms with van der Waals surface area (Å²) in [6.45, 7) is 4.01. The summed E-state index contributed by atoms with van der Waals surface area (Å²) in [5.74, 6) is -0.486. The second-order valence-corrected chi connectivity index (χ2v) is 5.25. The standard InChI is InChI=1S/C19H21N3O4/c1-4-26-17-8-6-5-7-16(17)20-18(23)19(24)22-21-13(2)14-9-11-15(25-3)12-10-14/h5-12H,4H2,1-3H3,(H,20,23)(H,22,24)/b21-13+. The molecule has 0 unspecified atom stereocenters. The Morgan fingerprint density at radius 2 is 1.73 bits per heavy atom. The number of anilines is 1. The highest BCUT2D eigenvalue weighted by molar-refractivity contribution is 6.39. The number of carbonyl (C=O) groups excluding carboxylic acids is 2. The molecule has 0 saturated heterocycles. The Morgan fingerprint density at radius 3 is 2.38 bits per heavy atom. The highest BCUT2D eigenvalue weighted by atomic mass is 16.5. The van der Waals surface area contributed by atoms with Gasteiger partial charge in [-0.3, -0.25) is 9.59 Å². The zero-order valence-electron chi connectivity index (χ0n) is 14.9. The number of amides is 2. The average molecular weight is 355 g/mol. The Hall–Kier alpha value is -3.35. The summed E-state index contributed by atoms with van der Waals surface area (Å²) in [6, 6.07) is 14.1. The molecule has 136 valence electrons. The van der Waals surface area contributed by atoms with E-state index in [1.807, 2.05) is 19.1 Å². The molecule has 0 fully saturated rings. The molecule has 2 aromatic carbocycles. The molecule has 0 bridgehead atoms. The van der Waals surface area contributed by atoms with Crippen molar-refractivity contribution in [3.8, 4) is 11.5 Å². The van der Waals surface area contributed by atoms with Crippen molar-refractivity contribution in [1.29, 1.82) is 0 Å². The lowest BCUT2D eigenvalue weighted by atomic mass is 10.1. The van der Waals surface area contributed by atoms with E-state index in [0.29, 0.717) is 23.8 Å². The Morgan fingerprint density at radius 1 is 1.04 bits per heavy atom. The van der Waals surface area contributed by atoms with Crippen molar-refractivity contribution < 1.29 is 19.1 Å². The fourth-order valence-electron chi connectivity index (χ4n) is 2.11. The number of nitrogens with zero attached hydrogens (tertiary/aromatic N) is 1. The molecule has 0 aromatic heterocycles. The number of rotatable bonds is 6. The van der Waals surface area contributed by atoms with Crippen LogP contribution in [-0.2, 0) is 9.59 Å². The fourth-order valence-corrected chi connectivity index (χ4v) is 2.11. The lowest BCUT2D eigenvalue weighted by molar-refractivity contribution is -0.136. The van der Waals surface area contributed by atoms with Crippen LogP contribution in [0, 0.1) is 0 Å². The van der Waals surface area contributed by atoms with Crippen molar-refractivity contribution in [2.45, 2.75) is 13.8 Å². The molecular formula is C19H21N3O4. The van der Waals surface area contributed by atoms with Crippen LogP contribution in [0.4, 0.5) is 5.69 Å². The van der Waals surface area contributed by atoms with Crippen LogP contribution in [0.25, 0.3) is 0 Å². The van der Waals surface area contributed by atoms with Crippen LogP contribution in [0.5, 0.6) is 11.5 Å². The number of hydrogen-bond donors (Lipinski definition) is 2. The van der Waals surface area contributed by atoms with E-state index >= 15 is 0 Å². The lowest BCUT2D eigenvalue weighted by Crippen LogP contribution is -2.33. The van der Waals surface area contributed by atoms with Gasteiger partial charge in [-0.1, -0.05) is 12.1 Å². The lowest BCUT2D eigenvalue weighted by Gasteiger charge is -2.10. The van der Waals surface area contributed by atoms with E-state index in [9.17, 15) is 9.59 Å². The molecule has 0 aliphatic rings. The molecule has 7 heteroatoms. The van der Waals surface area contributed by atoms with Crippen LogP contribution in [0.15, 0.2) is 53.6 Å². The SMILES string of the molecule is CCOc1ccccc1NC(=O)C(=O)N/N=C(\C)c1ccc(OC)cc1. The molecule has 0 saturated carbocycles. The summed E-state index contributed by atoms with van der Waals surface area (Å²) < 4.78 is 10.5. The van der Waals surface area contributed by atoms with Gasteiger partial charge in [-0.2, -0.15) is 5.10 Å². The first-order chi connectivity index (χ1) is 12.5. The number of para-hydroxylation sites is 2. The van der Waals surface area contributed by atoms with Crippen LogP contribution in [0.2, 0.25) is 0 Å². The van der Waals surface area contributed by atoms with E-state index in [1.54, 1.807) is 50.4 Å². The van der Waals surface area contributed by atoms with Gasteiger partial charge in [-0.25, -0.2) is 5.43 Å². The van der Waals surface area contributed by atoms with E-state index in [4.69, 9.17) is 9.47 Å². The first kappa shape index (κ1) is 19.0. The first-order valence-corrected chi connectivity index (χ1v) is 8.07. The number of ether oxygens (including phenoxy) is 2. The van der Waals surface area contributed by atoms with Gasteiger partial charge in [0.05, 0.1) is 25.1 Å². The van der Waals surface area contributed by atoms with Crippen LogP contribution >= 0.6 is 0 Å². The molecule has 2 rings (SSSR count). The summed E-state index contributed by atoms with van der Waals surface area (Å²) in [5, 5.41) is 6.47. The third kappa shape index (κ3) is 5.07. The van der Waals surface area contributed by atoms with Crippen LogP contribution in [0.1, 0.15) is 19.4 Å². The Kier molecular flexibility index (Phi) is 6.73. The van der Waals surface area contributed by atoms with E-state index in [0.717, 1.165) is 11.3 Å². The highest BCUT2D eigenvalue weighted by Crippen LogP contribution is 2.23. The van der Waals surface area contributed by atoms with Gasteiger partial charge in [0.1, 0.15) is 11.5 Å². The number of benzene rings is 2. The summed E-state index contributed by atoms with van der Waals surface area (Å²) in [6.07, 6.45) is 0. The molecule has 2 N–H and O–H groups in total. The molecule has 26 heavy (non-hydrogen) atoms. The maximum Gasteiger partial charge on any atom is 0.329 e. The Balaban J connectivity index is 1.99. The second-order valence-electron chi connectivity index (χ2n) is 5.25. The molecular weight excluding hydrogens is 334 g/mol. The highest BCUT2D eigenvalue weighted by Gasteiger charge is 2.15. The first-order valence-electron chi connectivity index (χ1n) is 8.07. The summed E-state index contributed by atoms with van der Waals surface area (Å²) in [4.78, 5) is 24.0. The molecule has 0 aliphatic carbocycles. The van der Waals surface area contributed by atoms with Gasteiger partial charge in [0.15, 0.2) is 0 Å². The van der Waals surface area contributed by atoms with Crippen molar-refractivity contribution >= 4 is 23.2 Å². The minimum atomic E-state index is -0.871. The zero-order chi connectivity index (χ0) is 18.9. The quantitative estimate of drug-likeness (QED) is 0.473. The molecule has 2 aromatic rings. The van der Waals surface area contributed by atoms with Gasteiger partial charge in [0.25, 0.3) is 0 Å². The third-order valence-electron chi connectivity index (χ3n) is 3.47. The normalized spacial score (nSPS) is 10.8. The van der Waals surface area contributed by atoms with Crippen LogP contribution in [-0.4, -0.2) is 31.2 Å². The second kappa shape index (κ2) is 9.22. The molecule has 7 nitrogen and oxygen atoms in total. The average Bonchev–Trinajstić information content (AvgIpc) is 2.67. The van der Waals surface area contributed by atoms with Crippen LogP contribution < -0.4 is 20.2 Å². The van der Waals surface area contributed by atoms with E-state index < -0.39 is 11.8 Å². The molecule has 0 radical (unpaired) electrons. The smallest absolute Gasteiger partial charge is 0.329 e. The van der Waals surface area contributed by atoms with Crippen molar-refractivity contribution in [2.24, 2.45) is 5.10 Å². The van der Waals surface area contributed by atoms with Gasteiger partial charge >= 0.3 is 11.8 Å². The maximum absolute atomic E-state index is 12.0. The predicted molar refractivity (Wildman–Crippen MR) is 99.6 cm³/mol. The topological polar surface area (TPSA) is 89.0 Å². The van der Waals surface area contributed by atoms with Gasteiger partial charge in [0, 0.05) is 0 Å². The number of methoxy groups -OCH3 is 1. The van der Waals surface area contributed by atoms with Crippen LogP contribution in [0.3, 0.4) is 0 Å². The van der Waals surface area contributed by atoms with Crippen molar-refractivity contribution in [3.63, 3.8) is 0 Å². The predicted octanol–water partition coefficient (Wildman–Crippen LogP) is 2.57. The van der Waals surface area contributed by atoms with Gasteiger partial charge in [-0.05, 0) is 55.8 Å².